The summed E-state index contributed by atoms with van der Waals surface area (Å²) in [5.74, 6) is 0.245. The molecule has 0 radical (unpaired) electrons. The van der Waals surface area contributed by atoms with E-state index in [1.54, 1.807) is 16.9 Å². The van der Waals surface area contributed by atoms with Crippen molar-refractivity contribution in [3.8, 4) is 5.69 Å². The number of carbonyl (C=O) groups excluding carboxylic acids is 1. The molecular formula is C16H22N4O. The molecule has 1 atom stereocenters. The highest BCUT2D eigenvalue weighted by Gasteiger charge is 2.17. The van der Waals surface area contributed by atoms with Gasteiger partial charge in [-0.2, -0.15) is 5.10 Å². The van der Waals surface area contributed by atoms with Crippen LogP contribution in [0.1, 0.15) is 37.7 Å². The van der Waals surface area contributed by atoms with Gasteiger partial charge in [-0.3, -0.25) is 4.79 Å². The molecule has 1 amide bonds. The van der Waals surface area contributed by atoms with E-state index in [4.69, 9.17) is 5.73 Å². The Morgan fingerprint density at radius 2 is 2.05 bits per heavy atom. The third-order valence-electron chi connectivity index (χ3n) is 3.57. The van der Waals surface area contributed by atoms with Crippen LogP contribution in [0, 0.1) is 5.92 Å². The lowest BCUT2D eigenvalue weighted by Crippen LogP contribution is -2.38. The van der Waals surface area contributed by atoms with E-state index in [0.29, 0.717) is 17.3 Å². The molecule has 5 heteroatoms. The van der Waals surface area contributed by atoms with Gasteiger partial charge >= 0.3 is 0 Å². The number of nitrogens with one attached hydrogen (secondary N) is 1. The molecule has 0 aliphatic rings. The lowest BCUT2D eigenvalue weighted by atomic mass is 10.0. The van der Waals surface area contributed by atoms with Gasteiger partial charge in [0.1, 0.15) is 0 Å². The third-order valence-corrected chi connectivity index (χ3v) is 3.57. The van der Waals surface area contributed by atoms with E-state index < -0.39 is 0 Å². The van der Waals surface area contributed by atoms with Crippen LogP contribution in [0.5, 0.6) is 0 Å². The van der Waals surface area contributed by atoms with Gasteiger partial charge in [0.15, 0.2) is 5.69 Å². The number of anilines is 1. The maximum atomic E-state index is 12.2. The summed E-state index contributed by atoms with van der Waals surface area (Å²) >= 11 is 0. The molecule has 112 valence electrons. The van der Waals surface area contributed by atoms with Crippen LogP contribution in [0.2, 0.25) is 0 Å². The van der Waals surface area contributed by atoms with Crippen molar-refractivity contribution in [3.63, 3.8) is 0 Å². The Hall–Kier alpha value is -2.30. The fraction of sp³-hybridized carbons (Fsp3) is 0.375. The lowest BCUT2D eigenvalue weighted by molar-refractivity contribution is 0.0919. The monoisotopic (exact) mass is 286 g/mol. The molecule has 0 fully saturated rings. The number of para-hydroxylation sites is 2. The van der Waals surface area contributed by atoms with Gasteiger partial charge in [0.05, 0.1) is 11.4 Å². The maximum absolute atomic E-state index is 12.2. The molecule has 1 unspecified atom stereocenters. The van der Waals surface area contributed by atoms with E-state index >= 15 is 0 Å². The number of rotatable bonds is 5. The van der Waals surface area contributed by atoms with Gasteiger partial charge in [0.2, 0.25) is 0 Å². The quantitative estimate of drug-likeness (QED) is 0.830. The summed E-state index contributed by atoms with van der Waals surface area (Å²) in [6.45, 7) is 6.25. The second kappa shape index (κ2) is 6.43. The zero-order chi connectivity index (χ0) is 15.4. The van der Waals surface area contributed by atoms with Gasteiger partial charge in [0.25, 0.3) is 5.91 Å². The summed E-state index contributed by atoms with van der Waals surface area (Å²) in [7, 11) is 0. The molecule has 0 aliphatic carbocycles. The predicted octanol–water partition coefficient (Wildman–Crippen LogP) is 2.62. The highest BCUT2D eigenvalue weighted by molar-refractivity contribution is 5.92. The maximum Gasteiger partial charge on any atom is 0.272 e. The molecule has 1 aromatic carbocycles. The second-order valence-electron chi connectivity index (χ2n) is 5.44. The van der Waals surface area contributed by atoms with Crippen LogP contribution < -0.4 is 11.1 Å². The lowest BCUT2D eigenvalue weighted by Gasteiger charge is -2.19. The van der Waals surface area contributed by atoms with Crippen molar-refractivity contribution in [2.45, 2.75) is 33.2 Å². The Kier molecular flexibility index (Phi) is 4.62. The number of nitrogen functional groups attached to an aromatic ring is 1. The van der Waals surface area contributed by atoms with Crippen LogP contribution in [0.25, 0.3) is 5.69 Å². The molecule has 5 nitrogen and oxygen atoms in total. The van der Waals surface area contributed by atoms with Crippen LogP contribution in [0.4, 0.5) is 5.69 Å². The van der Waals surface area contributed by atoms with E-state index in [9.17, 15) is 4.79 Å². The van der Waals surface area contributed by atoms with E-state index in [1.807, 2.05) is 24.3 Å². The van der Waals surface area contributed by atoms with Crippen LogP contribution >= 0.6 is 0 Å². The molecular weight excluding hydrogens is 264 g/mol. The summed E-state index contributed by atoms with van der Waals surface area (Å²) in [6.07, 6.45) is 2.65. The van der Waals surface area contributed by atoms with E-state index in [0.717, 1.165) is 12.1 Å². The third kappa shape index (κ3) is 3.42. The largest absolute Gasteiger partial charge is 0.397 e. The van der Waals surface area contributed by atoms with E-state index in [-0.39, 0.29) is 11.9 Å². The summed E-state index contributed by atoms with van der Waals surface area (Å²) in [5, 5.41) is 7.33. The highest BCUT2D eigenvalue weighted by Crippen LogP contribution is 2.16. The Balaban J connectivity index is 2.17. The fourth-order valence-electron chi connectivity index (χ4n) is 2.26. The van der Waals surface area contributed by atoms with Gasteiger partial charge in [-0.15, -0.1) is 0 Å². The zero-order valence-electron chi connectivity index (χ0n) is 12.7. The zero-order valence-corrected chi connectivity index (χ0v) is 12.7. The minimum atomic E-state index is -0.149. The molecule has 0 aliphatic heterocycles. The average molecular weight is 286 g/mol. The van der Waals surface area contributed by atoms with Crippen molar-refractivity contribution in [2.75, 3.05) is 5.73 Å². The van der Waals surface area contributed by atoms with Crippen LogP contribution in [-0.4, -0.2) is 21.7 Å². The van der Waals surface area contributed by atoms with Crippen molar-refractivity contribution < 1.29 is 4.79 Å². The molecule has 2 aromatic rings. The predicted molar refractivity (Wildman–Crippen MR) is 84.4 cm³/mol. The van der Waals surface area contributed by atoms with Gasteiger partial charge < -0.3 is 11.1 Å². The minimum absolute atomic E-state index is 0.149. The van der Waals surface area contributed by atoms with Gasteiger partial charge in [0, 0.05) is 12.2 Å². The molecule has 2 rings (SSSR count). The normalized spacial score (nSPS) is 12.4. The summed E-state index contributed by atoms with van der Waals surface area (Å²) < 4.78 is 1.63. The van der Waals surface area contributed by atoms with Crippen molar-refractivity contribution in [1.82, 2.24) is 15.1 Å². The molecule has 21 heavy (non-hydrogen) atoms. The second-order valence-corrected chi connectivity index (χ2v) is 5.44. The molecule has 1 heterocycles. The van der Waals surface area contributed by atoms with Gasteiger partial charge in [-0.1, -0.05) is 32.9 Å². The first-order valence-electron chi connectivity index (χ1n) is 7.24. The smallest absolute Gasteiger partial charge is 0.272 e. The summed E-state index contributed by atoms with van der Waals surface area (Å²) in [6, 6.07) is 9.29. The first-order chi connectivity index (χ1) is 10.0. The first-order valence-corrected chi connectivity index (χ1v) is 7.24. The molecule has 3 N–H and O–H groups in total. The number of hydrogen-bond acceptors (Lipinski definition) is 3. The Morgan fingerprint density at radius 1 is 1.33 bits per heavy atom. The Morgan fingerprint density at radius 3 is 2.67 bits per heavy atom. The van der Waals surface area contributed by atoms with Crippen LogP contribution in [0.3, 0.4) is 0 Å². The number of amides is 1. The molecule has 0 spiro atoms. The molecule has 1 aromatic heterocycles. The van der Waals surface area contributed by atoms with Gasteiger partial charge in [-0.05, 0) is 30.5 Å². The number of hydrogen-bond donors (Lipinski definition) is 2. The average Bonchev–Trinajstić information content (AvgIpc) is 2.94. The number of nitrogens with two attached hydrogens (primary N) is 1. The molecule has 0 saturated heterocycles. The molecule has 0 bridgehead atoms. The minimum Gasteiger partial charge on any atom is -0.397 e. The van der Waals surface area contributed by atoms with Crippen LogP contribution in [-0.2, 0) is 0 Å². The number of aromatic nitrogens is 2. The summed E-state index contributed by atoms with van der Waals surface area (Å²) in [4.78, 5) is 12.2. The van der Waals surface area contributed by atoms with Crippen molar-refractivity contribution in [3.05, 3.63) is 42.2 Å². The van der Waals surface area contributed by atoms with E-state index in [2.05, 4.69) is 31.2 Å². The standard InChI is InChI=1S/C16H22N4O/c1-4-13(11(2)3)18-16(21)14-9-10-20(19-14)15-8-6-5-7-12(15)17/h5-11,13H,4,17H2,1-3H3,(H,18,21). The number of benzene rings is 1. The molecule has 0 saturated carbocycles. The topological polar surface area (TPSA) is 72.9 Å². The SMILES string of the molecule is CCC(NC(=O)c1ccn(-c2ccccc2N)n1)C(C)C. The van der Waals surface area contributed by atoms with Crippen molar-refractivity contribution in [2.24, 2.45) is 5.92 Å². The fourth-order valence-corrected chi connectivity index (χ4v) is 2.26. The highest BCUT2D eigenvalue weighted by atomic mass is 16.2. The van der Waals surface area contributed by atoms with Crippen molar-refractivity contribution in [1.29, 1.82) is 0 Å². The first kappa shape index (κ1) is 15.1. The number of nitrogens with zero attached hydrogens (tertiary/aromatic N) is 2. The Bertz CT molecular complexity index is 618. The Labute approximate surface area is 125 Å². The van der Waals surface area contributed by atoms with E-state index in [1.165, 1.54) is 0 Å². The van der Waals surface area contributed by atoms with Crippen molar-refractivity contribution >= 4 is 11.6 Å². The number of carbonyl (C=O) groups is 1. The van der Waals surface area contributed by atoms with Gasteiger partial charge in [-0.25, -0.2) is 4.68 Å². The van der Waals surface area contributed by atoms with Crippen LogP contribution in [0.15, 0.2) is 36.5 Å². The summed E-state index contributed by atoms with van der Waals surface area (Å²) in [5.41, 5.74) is 7.72.